The van der Waals surface area contributed by atoms with Gasteiger partial charge in [-0.05, 0) is 45.0 Å². The maximum absolute atomic E-state index is 12.4. The highest BCUT2D eigenvalue weighted by Crippen LogP contribution is 2.27. The number of nitrogens with zero attached hydrogens (tertiary/aromatic N) is 3. The molecular weight excluding hydrogens is 257 g/mol. The van der Waals surface area contributed by atoms with E-state index in [4.69, 9.17) is 0 Å². The molecule has 0 amide bonds. The van der Waals surface area contributed by atoms with Gasteiger partial charge in [0.2, 0.25) is 5.95 Å². The number of alkyl halides is 3. The Balaban J connectivity index is 1.76. The van der Waals surface area contributed by atoms with Crippen molar-refractivity contribution in [2.75, 3.05) is 31.5 Å². The minimum Gasteiger partial charge on any atom is -0.354 e. The van der Waals surface area contributed by atoms with Crippen LogP contribution in [-0.4, -0.2) is 41.0 Å². The van der Waals surface area contributed by atoms with Gasteiger partial charge in [0.05, 0.1) is 0 Å². The third kappa shape index (κ3) is 4.34. The number of rotatable bonds is 5. The zero-order valence-electron chi connectivity index (χ0n) is 10.6. The molecule has 0 aromatic carbocycles. The Morgan fingerprint density at radius 1 is 1.26 bits per heavy atom. The number of halogens is 3. The van der Waals surface area contributed by atoms with Crippen LogP contribution >= 0.6 is 0 Å². The van der Waals surface area contributed by atoms with Crippen LogP contribution in [0, 0.1) is 0 Å². The molecule has 1 aromatic heterocycles. The van der Waals surface area contributed by atoms with Crippen molar-refractivity contribution in [3.63, 3.8) is 0 Å². The molecule has 0 radical (unpaired) electrons. The molecule has 19 heavy (non-hydrogen) atoms. The summed E-state index contributed by atoms with van der Waals surface area (Å²) in [6.07, 6.45) is 0.0570. The van der Waals surface area contributed by atoms with Crippen molar-refractivity contribution in [1.82, 2.24) is 14.9 Å². The zero-order chi connectivity index (χ0) is 13.7. The first-order chi connectivity index (χ1) is 9.05. The van der Waals surface area contributed by atoms with Crippen LogP contribution in [0.2, 0.25) is 0 Å². The van der Waals surface area contributed by atoms with Crippen molar-refractivity contribution < 1.29 is 13.2 Å². The Morgan fingerprint density at radius 2 is 2.00 bits per heavy atom. The summed E-state index contributed by atoms with van der Waals surface area (Å²) in [4.78, 5) is 9.59. The number of aromatic nitrogens is 2. The quantitative estimate of drug-likeness (QED) is 0.837. The highest BCUT2D eigenvalue weighted by molar-refractivity contribution is 5.25. The molecule has 1 saturated heterocycles. The lowest BCUT2D eigenvalue weighted by Crippen LogP contribution is -2.22. The Kier molecular flexibility index (Phi) is 4.57. The van der Waals surface area contributed by atoms with Gasteiger partial charge < -0.3 is 10.2 Å². The lowest BCUT2D eigenvalue weighted by Gasteiger charge is -2.14. The zero-order valence-corrected chi connectivity index (χ0v) is 10.6. The fourth-order valence-electron chi connectivity index (χ4n) is 2.11. The second kappa shape index (κ2) is 6.18. The van der Waals surface area contributed by atoms with Crippen molar-refractivity contribution in [3.8, 4) is 0 Å². The highest BCUT2D eigenvalue weighted by atomic mass is 19.4. The molecule has 2 rings (SSSR count). The smallest absolute Gasteiger partial charge is 0.354 e. The monoisotopic (exact) mass is 274 g/mol. The van der Waals surface area contributed by atoms with Gasteiger partial charge in [-0.15, -0.1) is 0 Å². The van der Waals surface area contributed by atoms with Crippen LogP contribution in [-0.2, 0) is 6.18 Å². The Hall–Kier alpha value is -1.37. The molecule has 1 aromatic rings. The van der Waals surface area contributed by atoms with E-state index in [1.54, 1.807) is 0 Å². The van der Waals surface area contributed by atoms with E-state index in [0.29, 0.717) is 6.54 Å². The second-order valence-corrected chi connectivity index (χ2v) is 4.59. The molecule has 0 bridgehead atoms. The van der Waals surface area contributed by atoms with Gasteiger partial charge in [-0.25, -0.2) is 9.97 Å². The topological polar surface area (TPSA) is 41.1 Å². The first-order valence-corrected chi connectivity index (χ1v) is 6.42. The first-order valence-electron chi connectivity index (χ1n) is 6.42. The number of anilines is 1. The Morgan fingerprint density at radius 3 is 2.68 bits per heavy atom. The molecule has 1 fully saturated rings. The molecule has 106 valence electrons. The van der Waals surface area contributed by atoms with E-state index in [9.17, 15) is 13.2 Å². The average molecular weight is 274 g/mol. The fraction of sp³-hybridized carbons (Fsp3) is 0.667. The normalized spacial score (nSPS) is 16.8. The van der Waals surface area contributed by atoms with E-state index in [1.807, 2.05) is 0 Å². The standard InChI is InChI=1S/C12H17F3N4/c13-12(14,15)10-4-6-17-11(18-10)16-5-3-9-19-7-1-2-8-19/h4,6H,1-3,5,7-9H2,(H,16,17,18). The average Bonchev–Trinajstić information content (AvgIpc) is 2.87. The summed E-state index contributed by atoms with van der Waals surface area (Å²) in [5, 5.41) is 2.83. The van der Waals surface area contributed by atoms with Gasteiger partial charge >= 0.3 is 6.18 Å². The van der Waals surface area contributed by atoms with E-state index < -0.39 is 11.9 Å². The van der Waals surface area contributed by atoms with Crippen molar-refractivity contribution in [2.45, 2.75) is 25.4 Å². The van der Waals surface area contributed by atoms with Gasteiger partial charge in [0.25, 0.3) is 0 Å². The van der Waals surface area contributed by atoms with Crippen molar-refractivity contribution in [3.05, 3.63) is 18.0 Å². The van der Waals surface area contributed by atoms with Crippen molar-refractivity contribution in [2.24, 2.45) is 0 Å². The summed E-state index contributed by atoms with van der Waals surface area (Å²) >= 11 is 0. The number of hydrogen-bond acceptors (Lipinski definition) is 4. The summed E-state index contributed by atoms with van der Waals surface area (Å²) < 4.78 is 37.3. The first kappa shape index (κ1) is 14.0. The SMILES string of the molecule is FC(F)(F)c1ccnc(NCCCN2CCCC2)n1. The van der Waals surface area contributed by atoms with Crippen LogP contribution in [0.5, 0.6) is 0 Å². The summed E-state index contributed by atoms with van der Waals surface area (Å²) in [5.74, 6) is 0.0382. The van der Waals surface area contributed by atoms with Crippen molar-refractivity contribution in [1.29, 1.82) is 0 Å². The van der Waals surface area contributed by atoms with Crippen LogP contribution in [0.4, 0.5) is 19.1 Å². The molecule has 1 aliphatic rings. The van der Waals surface area contributed by atoms with Crippen LogP contribution < -0.4 is 5.32 Å². The molecule has 1 N–H and O–H groups in total. The molecule has 2 heterocycles. The van der Waals surface area contributed by atoms with Crippen LogP contribution in [0.25, 0.3) is 0 Å². The van der Waals surface area contributed by atoms with E-state index in [1.165, 1.54) is 12.8 Å². The van der Waals surface area contributed by atoms with E-state index in [2.05, 4.69) is 20.2 Å². The van der Waals surface area contributed by atoms with Crippen molar-refractivity contribution >= 4 is 5.95 Å². The number of hydrogen-bond donors (Lipinski definition) is 1. The third-order valence-electron chi connectivity index (χ3n) is 3.08. The Bertz CT molecular complexity index is 402. The molecule has 7 heteroatoms. The largest absolute Gasteiger partial charge is 0.433 e. The predicted octanol–water partition coefficient (Wildman–Crippen LogP) is 2.39. The second-order valence-electron chi connectivity index (χ2n) is 4.59. The van der Waals surface area contributed by atoms with Gasteiger partial charge in [-0.2, -0.15) is 13.2 Å². The number of likely N-dealkylation sites (tertiary alicyclic amines) is 1. The molecule has 1 aliphatic heterocycles. The maximum Gasteiger partial charge on any atom is 0.433 e. The molecule has 0 saturated carbocycles. The molecule has 4 nitrogen and oxygen atoms in total. The van der Waals surface area contributed by atoms with Gasteiger partial charge in [-0.1, -0.05) is 0 Å². The number of nitrogens with one attached hydrogen (secondary N) is 1. The molecule has 0 unspecified atom stereocenters. The maximum atomic E-state index is 12.4. The van der Waals surface area contributed by atoms with E-state index in [-0.39, 0.29) is 5.95 Å². The third-order valence-corrected chi connectivity index (χ3v) is 3.08. The predicted molar refractivity (Wildman–Crippen MR) is 65.8 cm³/mol. The van der Waals surface area contributed by atoms with Crippen LogP contribution in [0.1, 0.15) is 25.0 Å². The molecule has 0 aliphatic carbocycles. The van der Waals surface area contributed by atoms with Crippen LogP contribution in [0.15, 0.2) is 12.3 Å². The molecular formula is C12H17F3N4. The molecule has 0 spiro atoms. The highest BCUT2D eigenvalue weighted by Gasteiger charge is 2.32. The fourth-order valence-corrected chi connectivity index (χ4v) is 2.11. The summed E-state index contributed by atoms with van der Waals surface area (Å²) in [7, 11) is 0. The summed E-state index contributed by atoms with van der Waals surface area (Å²) in [6.45, 7) is 3.80. The van der Waals surface area contributed by atoms with E-state index in [0.717, 1.165) is 38.3 Å². The lowest BCUT2D eigenvalue weighted by atomic mass is 10.4. The summed E-state index contributed by atoms with van der Waals surface area (Å²) in [5.41, 5.74) is -0.912. The van der Waals surface area contributed by atoms with Gasteiger partial charge in [-0.3, -0.25) is 0 Å². The summed E-state index contributed by atoms with van der Waals surface area (Å²) in [6, 6.07) is 0.870. The molecule has 0 atom stereocenters. The van der Waals surface area contributed by atoms with E-state index >= 15 is 0 Å². The lowest BCUT2D eigenvalue weighted by molar-refractivity contribution is -0.141. The minimum atomic E-state index is -4.42. The minimum absolute atomic E-state index is 0.0382. The van der Waals surface area contributed by atoms with Gasteiger partial charge in [0, 0.05) is 12.7 Å². The van der Waals surface area contributed by atoms with Gasteiger partial charge in [0.15, 0.2) is 0 Å². The Labute approximate surface area is 110 Å². The van der Waals surface area contributed by atoms with Gasteiger partial charge in [0.1, 0.15) is 5.69 Å². The van der Waals surface area contributed by atoms with Crippen LogP contribution in [0.3, 0.4) is 0 Å².